The number of aryl methyl sites for hydroxylation is 2. The van der Waals surface area contributed by atoms with E-state index in [1.54, 1.807) is 6.92 Å². The number of benzene rings is 1. The lowest BCUT2D eigenvalue weighted by molar-refractivity contribution is 0.0690. The van der Waals surface area contributed by atoms with Crippen molar-refractivity contribution in [2.45, 2.75) is 20.4 Å². The second-order valence-corrected chi connectivity index (χ2v) is 5.36. The lowest BCUT2D eigenvalue weighted by Crippen LogP contribution is -2.09. The number of carbonyl (C=O) groups is 1. The van der Waals surface area contributed by atoms with Gasteiger partial charge in [0.25, 0.3) is 0 Å². The SMILES string of the molecule is Cc1cc(C(=O)O)nc(NCc2cc(Br)ccc2C)n1. The molecule has 0 radical (unpaired) electrons. The molecule has 0 aliphatic heterocycles. The summed E-state index contributed by atoms with van der Waals surface area (Å²) in [5.74, 6) is -0.737. The Morgan fingerprint density at radius 1 is 1.30 bits per heavy atom. The Bertz CT molecular complexity index is 659. The second kappa shape index (κ2) is 6.00. The molecular weight excluding hydrogens is 322 g/mol. The van der Waals surface area contributed by atoms with Crippen molar-refractivity contribution in [3.05, 3.63) is 51.3 Å². The summed E-state index contributed by atoms with van der Waals surface area (Å²) in [6.45, 7) is 4.29. The van der Waals surface area contributed by atoms with Crippen LogP contribution in [0.25, 0.3) is 0 Å². The molecule has 0 saturated heterocycles. The molecule has 0 unspecified atom stereocenters. The predicted octanol–water partition coefficient (Wildman–Crippen LogP) is 3.17. The number of aromatic nitrogens is 2. The van der Waals surface area contributed by atoms with Crippen LogP contribution in [0.4, 0.5) is 5.95 Å². The minimum atomic E-state index is -1.06. The molecule has 0 bridgehead atoms. The van der Waals surface area contributed by atoms with Crippen LogP contribution in [0.2, 0.25) is 0 Å². The summed E-state index contributed by atoms with van der Waals surface area (Å²) >= 11 is 3.43. The number of hydrogen-bond donors (Lipinski definition) is 2. The fraction of sp³-hybridized carbons (Fsp3) is 0.214. The minimum Gasteiger partial charge on any atom is -0.477 e. The van der Waals surface area contributed by atoms with Gasteiger partial charge in [-0.25, -0.2) is 14.8 Å². The highest BCUT2D eigenvalue weighted by atomic mass is 79.9. The molecule has 20 heavy (non-hydrogen) atoms. The first-order valence-electron chi connectivity index (χ1n) is 6.03. The van der Waals surface area contributed by atoms with Gasteiger partial charge in [-0.15, -0.1) is 0 Å². The summed E-state index contributed by atoms with van der Waals surface area (Å²) in [6.07, 6.45) is 0. The van der Waals surface area contributed by atoms with E-state index < -0.39 is 5.97 Å². The Kier molecular flexibility index (Phi) is 4.34. The average molecular weight is 336 g/mol. The zero-order valence-corrected chi connectivity index (χ0v) is 12.7. The van der Waals surface area contributed by atoms with Gasteiger partial charge in [-0.1, -0.05) is 22.0 Å². The van der Waals surface area contributed by atoms with E-state index in [9.17, 15) is 4.79 Å². The van der Waals surface area contributed by atoms with Crippen molar-refractivity contribution in [1.29, 1.82) is 0 Å². The molecule has 2 aromatic rings. The van der Waals surface area contributed by atoms with Crippen LogP contribution in [0.5, 0.6) is 0 Å². The van der Waals surface area contributed by atoms with Gasteiger partial charge in [0.15, 0.2) is 5.69 Å². The fourth-order valence-electron chi connectivity index (χ4n) is 1.76. The highest BCUT2D eigenvalue weighted by Crippen LogP contribution is 2.17. The molecule has 0 aliphatic rings. The zero-order chi connectivity index (χ0) is 14.7. The highest BCUT2D eigenvalue weighted by molar-refractivity contribution is 9.10. The number of aromatic carboxylic acids is 1. The van der Waals surface area contributed by atoms with E-state index in [2.05, 4.69) is 31.2 Å². The fourth-order valence-corrected chi connectivity index (χ4v) is 2.17. The van der Waals surface area contributed by atoms with Gasteiger partial charge in [-0.3, -0.25) is 0 Å². The topological polar surface area (TPSA) is 75.1 Å². The Morgan fingerprint density at radius 2 is 2.05 bits per heavy atom. The van der Waals surface area contributed by atoms with Gasteiger partial charge in [-0.2, -0.15) is 0 Å². The van der Waals surface area contributed by atoms with Crippen molar-refractivity contribution in [1.82, 2.24) is 9.97 Å². The van der Waals surface area contributed by atoms with Gasteiger partial charge in [0, 0.05) is 16.7 Å². The third-order valence-corrected chi connectivity index (χ3v) is 3.31. The predicted molar refractivity (Wildman–Crippen MR) is 79.9 cm³/mol. The van der Waals surface area contributed by atoms with Crippen molar-refractivity contribution in [2.75, 3.05) is 5.32 Å². The minimum absolute atomic E-state index is 0.00837. The van der Waals surface area contributed by atoms with Gasteiger partial charge in [0.1, 0.15) is 0 Å². The van der Waals surface area contributed by atoms with Gasteiger partial charge in [0.05, 0.1) is 0 Å². The van der Waals surface area contributed by atoms with Crippen LogP contribution in [0.3, 0.4) is 0 Å². The van der Waals surface area contributed by atoms with E-state index in [1.165, 1.54) is 6.07 Å². The Balaban J connectivity index is 2.18. The molecule has 104 valence electrons. The van der Waals surface area contributed by atoms with Crippen molar-refractivity contribution < 1.29 is 9.90 Å². The van der Waals surface area contributed by atoms with Crippen molar-refractivity contribution >= 4 is 27.8 Å². The summed E-state index contributed by atoms with van der Waals surface area (Å²) in [5, 5.41) is 12.0. The lowest BCUT2D eigenvalue weighted by Gasteiger charge is -2.09. The largest absolute Gasteiger partial charge is 0.477 e. The van der Waals surface area contributed by atoms with Gasteiger partial charge in [0.2, 0.25) is 5.95 Å². The molecule has 0 amide bonds. The van der Waals surface area contributed by atoms with Crippen LogP contribution in [-0.2, 0) is 6.54 Å². The molecule has 1 aromatic heterocycles. The van der Waals surface area contributed by atoms with Crippen molar-refractivity contribution in [3.8, 4) is 0 Å². The van der Waals surface area contributed by atoms with E-state index in [4.69, 9.17) is 5.11 Å². The Hall–Kier alpha value is -1.95. The summed E-state index contributed by atoms with van der Waals surface area (Å²) in [6, 6.07) is 7.44. The number of carboxylic acids is 1. The molecular formula is C14H14BrN3O2. The number of anilines is 1. The maximum Gasteiger partial charge on any atom is 0.354 e. The molecule has 0 aliphatic carbocycles. The van der Waals surface area contributed by atoms with Gasteiger partial charge in [-0.05, 0) is 43.2 Å². The standard InChI is InChI=1S/C14H14BrN3O2/c1-8-3-4-11(15)6-10(8)7-16-14-17-9(2)5-12(18-14)13(19)20/h3-6H,7H2,1-2H3,(H,19,20)(H,16,17,18). The molecule has 0 spiro atoms. The maximum absolute atomic E-state index is 11.0. The smallest absolute Gasteiger partial charge is 0.354 e. The number of nitrogens with zero attached hydrogens (tertiary/aromatic N) is 2. The quantitative estimate of drug-likeness (QED) is 0.897. The zero-order valence-electron chi connectivity index (χ0n) is 11.1. The first-order valence-corrected chi connectivity index (χ1v) is 6.83. The van der Waals surface area contributed by atoms with Crippen LogP contribution in [-0.4, -0.2) is 21.0 Å². The third kappa shape index (κ3) is 3.54. The van der Waals surface area contributed by atoms with Crippen molar-refractivity contribution in [3.63, 3.8) is 0 Å². The number of halogens is 1. The number of carboxylic acid groups (broad SMARTS) is 1. The van der Waals surface area contributed by atoms with Gasteiger partial charge < -0.3 is 10.4 Å². The average Bonchev–Trinajstić information content (AvgIpc) is 2.39. The maximum atomic E-state index is 11.0. The first-order chi connectivity index (χ1) is 9.45. The van der Waals surface area contributed by atoms with E-state index in [0.29, 0.717) is 18.2 Å². The van der Waals surface area contributed by atoms with Crippen LogP contribution in [0, 0.1) is 13.8 Å². The monoisotopic (exact) mass is 335 g/mol. The van der Waals surface area contributed by atoms with Gasteiger partial charge >= 0.3 is 5.97 Å². The Labute approximate surface area is 125 Å². The lowest BCUT2D eigenvalue weighted by atomic mass is 10.1. The summed E-state index contributed by atoms with van der Waals surface area (Å²) < 4.78 is 0.997. The first kappa shape index (κ1) is 14.5. The van der Waals surface area contributed by atoms with E-state index in [0.717, 1.165) is 15.6 Å². The number of nitrogens with one attached hydrogen (secondary N) is 1. The second-order valence-electron chi connectivity index (χ2n) is 4.45. The molecule has 6 heteroatoms. The molecule has 2 N–H and O–H groups in total. The molecule has 1 heterocycles. The third-order valence-electron chi connectivity index (χ3n) is 2.82. The normalized spacial score (nSPS) is 10.3. The molecule has 1 aromatic carbocycles. The molecule has 0 saturated carbocycles. The number of rotatable bonds is 4. The summed E-state index contributed by atoms with van der Waals surface area (Å²) in [4.78, 5) is 19.1. The van der Waals surface area contributed by atoms with Crippen molar-refractivity contribution in [2.24, 2.45) is 0 Å². The van der Waals surface area contributed by atoms with E-state index >= 15 is 0 Å². The van der Waals surface area contributed by atoms with Crippen LogP contribution >= 0.6 is 15.9 Å². The van der Waals surface area contributed by atoms with E-state index in [-0.39, 0.29) is 5.69 Å². The molecule has 0 atom stereocenters. The van der Waals surface area contributed by atoms with Crippen LogP contribution < -0.4 is 5.32 Å². The highest BCUT2D eigenvalue weighted by Gasteiger charge is 2.08. The van der Waals surface area contributed by atoms with Crippen LogP contribution in [0.1, 0.15) is 27.3 Å². The Morgan fingerprint density at radius 3 is 2.75 bits per heavy atom. The summed E-state index contributed by atoms with van der Waals surface area (Å²) in [7, 11) is 0. The van der Waals surface area contributed by atoms with E-state index in [1.807, 2.05) is 25.1 Å². The molecule has 2 rings (SSSR count). The number of hydrogen-bond acceptors (Lipinski definition) is 4. The van der Waals surface area contributed by atoms with Crippen LogP contribution in [0.15, 0.2) is 28.7 Å². The summed E-state index contributed by atoms with van der Waals surface area (Å²) in [5.41, 5.74) is 2.85. The molecule has 0 fully saturated rings. The molecule has 5 nitrogen and oxygen atoms in total.